The van der Waals surface area contributed by atoms with Crippen LogP contribution in [0.1, 0.15) is 18.9 Å². The predicted molar refractivity (Wildman–Crippen MR) is 105 cm³/mol. The zero-order valence-electron chi connectivity index (χ0n) is 15.3. The number of nitrogens with zero attached hydrogens (tertiary/aromatic N) is 3. The van der Waals surface area contributed by atoms with E-state index in [-0.39, 0.29) is 5.91 Å². The van der Waals surface area contributed by atoms with Crippen LogP contribution in [0.5, 0.6) is 0 Å². The lowest BCUT2D eigenvalue weighted by atomic mass is 10.1. The molecule has 0 atom stereocenters. The number of amides is 1. The van der Waals surface area contributed by atoms with Gasteiger partial charge in [0.05, 0.1) is 19.0 Å². The number of rotatable bonds is 7. The summed E-state index contributed by atoms with van der Waals surface area (Å²) >= 11 is 0. The van der Waals surface area contributed by atoms with Crippen molar-refractivity contribution >= 4 is 27.7 Å². The predicted octanol–water partition coefficient (Wildman–Crippen LogP) is 3.28. The monoisotopic (exact) mass is 348 g/mol. The molecule has 5 nitrogen and oxygen atoms in total. The van der Waals surface area contributed by atoms with Crippen LogP contribution in [0, 0.1) is 11.3 Å². The quantitative estimate of drug-likeness (QED) is 0.667. The number of aryl methyl sites for hydroxylation is 1. The maximum absolute atomic E-state index is 11.9. The van der Waals surface area contributed by atoms with Gasteiger partial charge in [0, 0.05) is 41.4 Å². The Morgan fingerprint density at radius 3 is 2.73 bits per heavy atom. The van der Waals surface area contributed by atoms with E-state index in [1.165, 1.54) is 27.4 Å². The third kappa shape index (κ3) is 3.71. The summed E-state index contributed by atoms with van der Waals surface area (Å²) in [6.07, 6.45) is 0.341. The van der Waals surface area contributed by atoms with Crippen molar-refractivity contribution in [1.29, 1.82) is 5.26 Å². The lowest BCUT2D eigenvalue weighted by Gasteiger charge is -2.16. The topological polar surface area (TPSA) is 61.1 Å². The van der Waals surface area contributed by atoms with E-state index in [9.17, 15) is 4.79 Å². The highest BCUT2D eigenvalue weighted by atomic mass is 16.2. The summed E-state index contributed by atoms with van der Waals surface area (Å²) < 4.78 is 2.33. The van der Waals surface area contributed by atoms with E-state index in [4.69, 9.17) is 5.26 Å². The lowest BCUT2D eigenvalue weighted by Crippen LogP contribution is -2.35. The summed E-state index contributed by atoms with van der Waals surface area (Å²) in [6, 6.07) is 17.0. The van der Waals surface area contributed by atoms with E-state index in [0.717, 1.165) is 6.54 Å². The number of fused-ring (bicyclic) bond motifs is 3. The van der Waals surface area contributed by atoms with Gasteiger partial charge in [-0.25, -0.2) is 0 Å². The highest BCUT2D eigenvalue weighted by Gasteiger charge is 2.11. The summed E-state index contributed by atoms with van der Waals surface area (Å²) in [5, 5.41) is 13.8. The van der Waals surface area contributed by atoms with Gasteiger partial charge >= 0.3 is 0 Å². The van der Waals surface area contributed by atoms with Crippen LogP contribution >= 0.6 is 0 Å². The molecule has 3 aromatic rings. The van der Waals surface area contributed by atoms with Gasteiger partial charge in [0.2, 0.25) is 5.91 Å². The Morgan fingerprint density at radius 1 is 1.19 bits per heavy atom. The van der Waals surface area contributed by atoms with Gasteiger partial charge in [-0.15, -0.1) is 0 Å². The summed E-state index contributed by atoms with van der Waals surface area (Å²) in [4.78, 5) is 13.9. The van der Waals surface area contributed by atoms with Gasteiger partial charge in [0.1, 0.15) is 0 Å². The van der Waals surface area contributed by atoms with E-state index in [2.05, 4.69) is 59.3 Å². The van der Waals surface area contributed by atoms with Crippen LogP contribution in [-0.2, 0) is 17.9 Å². The fraction of sp³-hybridized carbons (Fsp3) is 0.333. The molecule has 1 heterocycles. The van der Waals surface area contributed by atoms with E-state index in [0.29, 0.717) is 26.1 Å². The van der Waals surface area contributed by atoms with Crippen molar-refractivity contribution in [3.63, 3.8) is 0 Å². The molecular weight excluding hydrogens is 324 g/mol. The molecule has 0 aliphatic carbocycles. The average molecular weight is 348 g/mol. The number of benzene rings is 2. The molecule has 0 saturated carbocycles. The van der Waals surface area contributed by atoms with Gasteiger partial charge < -0.3 is 9.88 Å². The number of carbonyl (C=O) groups is 1. The van der Waals surface area contributed by atoms with Crippen molar-refractivity contribution < 1.29 is 4.79 Å². The van der Waals surface area contributed by atoms with Crippen molar-refractivity contribution in [3.8, 4) is 6.07 Å². The molecule has 134 valence electrons. The highest BCUT2D eigenvalue weighted by Crippen LogP contribution is 2.29. The van der Waals surface area contributed by atoms with Crippen molar-refractivity contribution in [1.82, 2.24) is 14.8 Å². The number of aromatic nitrogens is 1. The summed E-state index contributed by atoms with van der Waals surface area (Å²) in [7, 11) is 1.93. The van der Waals surface area contributed by atoms with Crippen molar-refractivity contribution in [3.05, 3.63) is 48.0 Å². The van der Waals surface area contributed by atoms with Gasteiger partial charge in [0.25, 0.3) is 0 Å². The molecule has 0 unspecified atom stereocenters. The molecule has 0 spiro atoms. The average Bonchev–Trinajstić information content (AvgIpc) is 2.95. The molecule has 1 N–H and O–H groups in total. The van der Waals surface area contributed by atoms with Crippen LogP contribution in [-0.4, -0.2) is 35.5 Å². The molecule has 2 aromatic carbocycles. The van der Waals surface area contributed by atoms with Crippen molar-refractivity contribution in [2.75, 3.05) is 20.1 Å². The molecule has 3 rings (SSSR count). The molecule has 0 saturated heterocycles. The van der Waals surface area contributed by atoms with E-state index in [1.54, 1.807) is 0 Å². The summed E-state index contributed by atoms with van der Waals surface area (Å²) in [6.45, 7) is 4.53. The first-order chi connectivity index (χ1) is 12.6. The number of hydrogen-bond acceptors (Lipinski definition) is 3. The number of nitrogens with one attached hydrogen (secondary N) is 1. The second-order valence-electron chi connectivity index (χ2n) is 6.54. The van der Waals surface area contributed by atoms with Gasteiger partial charge in [-0.1, -0.05) is 24.3 Å². The number of carbonyl (C=O) groups excluding carboxylic acids is 1. The number of likely N-dealkylation sites (N-methyl/N-ethyl adjacent to an activating group) is 1. The zero-order chi connectivity index (χ0) is 18.5. The Bertz CT molecular complexity index is 967. The Balaban J connectivity index is 1.78. The number of hydrogen-bond donors (Lipinski definition) is 1. The van der Waals surface area contributed by atoms with Gasteiger partial charge in [-0.2, -0.15) is 5.26 Å². The number of nitriles is 1. The Hall–Kier alpha value is -2.84. The third-order valence-electron chi connectivity index (χ3n) is 4.58. The van der Waals surface area contributed by atoms with E-state index < -0.39 is 0 Å². The zero-order valence-corrected chi connectivity index (χ0v) is 15.3. The molecule has 1 aromatic heterocycles. The molecule has 0 bridgehead atoms. The molecule has 0 radical (unpaired) electrons. The molecule has 0 aliphatic rings. The van der Waals surface area contributed by atoms with Crippen molar-refractivity contribution in [2.24, 2.45) is 0 Å². The van der Waals surface area contributed by atoms with Gasteiger partial charge in [-0.05, 0) is 37.7 Å². The Morgan fingerprint density at radius 2 is 1.96 bits per heavy atom. The molecule has 26 heavy (non-hydrogen) atoms. The normalized spacial score (nSPS) is 11.2. The van der Waals surface area contributed by atoms with Crippen LogP contribution in [0.4, 0.5) is 0 Å². The highest BCUT2D eigenvalue weighted by molar-refractivity contribution is 6.08. The maximum atomic E-state index is 11.9. The Kier molecular flexibility index (Phi) is 5.55. The summed E-state index contributed by atoms with van der Waals surface area (Å²) in [5.74, 6) is -0.0496. The second kappa shape index (κ2) is 8.03. The first-order valence-electron chi connectivity index (χ1n) is 8.96. The van der Waals surface area contributed by atoms with Crippen LogP contribution in [0.2, 0.25) is 0 Å². The Labute approximate surface area is 153 Å². The third-order valence-corrected chi connectivity index (χ3v) is 4.58. The second-order valence-corrected chi connectivity index (χ2v) is 6.54. The molecule has 0 fully saturated rings. The van der Waals surface area contributed by atoms with Crippen LogP contribution in [0.3, 0.4) is 0 Å². The van der Waals surface area contributed by atoms with Crippen molar-refractivity contribution in [2.45, 2.75) is 26.4 Å². The standard InChI is InChI=1S/C21H24N4O/c1-3-25-19-8-5-4-7-17(19)18-13-16(9-10-20(18)25)14-24(2)15-21(26)23-12-6-11-22/h4-5,7-10,13H,3,6,12,14-15H2,1-2H3,(H,23,26). The first kappa shape index (κ1) is 18.0. The fourth-order valence-corrected chi connectivity index (χ4v) is 3.47. The van der Waals surface area contributed by atoms with E-state index >= 15 is 0 Å². The van der Waals surface area contributed by atoms with Crippen LogP contribution in [0.15, 0.2) is 42.5 Å². The summed E-state index contributed by atoms with van der Waals surface area (Å²) in [5.41, 5.74) is 3.69. The maximum Gasteiger partial charge on any atom is 0.234 e. The number of para-hydroxylation sites is 1. The minimum Gasteiger partial charge on any atom is -0.354 e. The van der Waals surface area contributed by atoms with Gasteiger partial charge in [0.15, 0.2) is 0 Å². The SMILES string of the molecule is CCn1c2ccccc2c2cc(CN(C)CC(=O)NCCC#N)ccc21. The molecular formula is C21H24N4O. The minimum absolute atomic E-state index is 0.0496. The van der Waals surface area contributed by atoms with Crippen LogP contribution < -0.4 is 5.32 Å². The van der Waals surface area contributed by atoms with Crippen LogP contribution in [0.25, 0.3) is 21.8 Å². The molecule has 0 aliphatic heterocycles. The molecule has 5 heteroatoms. The van der Waals surface area contributed by atoms with E-state index in [1.807, 2.05) is 18.0 Å². The fourth-order valence-electron chi connectivity index (χ4n) is 3.47. The lowest BCUT2D eigenvalue weighted by molar-refractivity contribution is -0.122. The minimum atomic E-state index is -0.0496. The smallest absolute Gasteiger partial charge is 0.234 e. The molecule has 1 amide bonds. The first-order valence-corrected chi connectivity index (χ1v) is 8.96. The largest absolute Gasteiger partial charge is 0.354 e. The van der Waals surface area contributed by atoms with Gasteiger partial charge in [-0.3, -0.25) is 9.69 Å².